The third-order valence-corrected chi connectivity index (χ3v) is 5.61. The summed E-state index contributed by atoms with van der Waals surface area (Å²) in [5.74, 6) is 1.39. The van der Waals surface area contributed by atoms with E-state index in [2.05, 4.69) is 15.9 Å². The van der Waals surface area contributed by atoms with Crippen LogP contribution in [0.3, 0.4) is 0 Å². The van der Waals surface area contributed by atoms with Crippen LogP contribution >= 0.6 is 27.5 Å². The Hall–Kier alpha value is -0.250. The summed E-state index contributed by atoms with van der Waals surface area (Å²) in [5.41, 5.74) is 1.26. The van der Waals surface area contributed by atoms with Gasteiger partial charge in [0.15, 0.2) is 0 Å². The Labute approximate surface area is 140 Å². The molecule has 1 atom stereocenters. The zero-order chi connectivity index (χ0) is 14.7. The number of rotatable bonds is 4. The molecule has 1 unspecified atom stereocenters. The molecule has 1 saturated heterocycles. The Morgan fingerprint density at radius 2 is 2.05 bits per heavy atom. The highest BCUT2D eigenvalue weighted by molar-refractivity contribution is 9.10. The fourth-order valence-corrected chi connectivity index (χ4v) is 4.21. The van der Waals surface area contributed by atoms with Crippen LogP contribution < -0.4 is 4.74 Å². The molecular weight excluding hydrogens is 352 g/mol. The standard InChI is InChI=1S/C17H22BrClO2/c18-15-10-13(11-19)4-5-16(15)20-12-14-6-9-17(21-14)7-2-1-3-8-17/h4-5,10,14H,1-3,6-9,11-12H2. The molecule has 1 aliphatic heterocycles. The van der Waals surface area contributed by atoms with Crippen molar-refractivity contribution in [3.8, 4) is 5.75 Å². The summed E-state index contributed by atoms with van der Waals surface area (Å²) in [6.45, 7) is 0.639. The molecule has 0 N–H and O–H groups in total. The van der Waals surface area contributed by atoms with Crippen molar-refractivity contribution >= 4 is 27.5 Å². The minimum absolute atomic E-state index is 0.173. The quantitative estimate of drug-likeness (QED) is 0.653. The van der Waals surface area contributed by atoms with Gasteiger partial charge in [-0.05, 0) is 59.3 Å². The Morgan fingerprint density at radius 1 is 1.24 bits per heavy atom. The fourth-order valence-electron chi connectivity index (χ4n) is 3.50. The second kappa shape index (κ2) is 6.89. The van der Waals surface area contributed by atoms with Crippen LogP contribution in [-0.4, -0.2) is 18.3 Å². The number of ether oxygens (including phenoxy) is 2. The summed E-state index contributed by atoms with van der Waals surface area (Å²) in [7, 11) is 0. The van der Waals surface area contributed by atoms with E-state index in [0.717, 1.165) is 22.2 Å². The van der Waals surface area contributed by atoms with Crippen LogP contribution in [0, 0.1) is 0 Å². The van der Waals surface area contributed by atoms with Crippen LogP contribution in [0.2, 0.25) is 0 Å². The number of hydrogen-bond acceptors (Lipinski definition) is 2. The number of hydrogen-bond donors (Lipinski definition) is 0. The van der Waals surface area contributed by atoms with E-state index < -0.39 is 0 Å². The van der Waals surface area contributed by atoms with E-state index >= 15 is 0 Å². The molecule has 1 aromatic carbocycles. The van der Waals surface area contributed by atoms with E-state index in [1.54, 1.807) is 0 Å². The maximum Gasteiger partial charge on any atom is 0.133 e. The molecule has 116 valence electrons. The Kier molecular flexibility index (Phi) is 5.13. The van der Waals surface area contributed by atoms with Crippen LogP contribution in [0.4, 0.5) is 0 Å². The van der Waals surface area contributed by atoms with Gasteiger partial charge in [0.2, 0.25) is 0 Å². The summed E-state index contributed by atoms with van der Waals surface area (Å²) in [4.78, 5) is 0. The van der Waals surface area contributed by atoms with Gasteiger partial charge in [-0.3, -0.25) is 0 Å². The minimum Gasteiger partial charge on any atom is -0.490 e. The predicted octanol–water partition coefficient (Wildman–Crippen LogP) is 5.45. The molecule has 21 heavy (non-hydrogen) atoms. The zero-order valence-corrected chi connectivity index (χ0v) is 14.6. The molecule has 3 rings (SSSR count). The van der Waals surface area contributed by atoms with Crippen molar-refractivity contribution < 1.29 is 9.47 Å². The molecule has 4 heteroatoms. The van der Waals surface area contributed by atoms with E-state index in [1.165, 1.54) is 38.5 Å². The molecule has 1 spiro atoms. The van der Waals surface area contributed by atoms with Crippen molar-refractivity contribution in [3.05, 3.63) is 28.2 Å². The van der Waals surface area contributed by atoms with Gasteiger partial charge in [-0.15, -0.1) is 11.6 Å². The van der Waals surface area contributed by atoms with E-state index in [4.69, 9.17) is 21.1 Å². The lowest BCUT2D eigenvalue weighted by molar-refractivity contribution is -0.0749. The first kappa shape index (κ1) is 15.6. The SMILES string of the molecule is ClCc1ccc(OCC2CCC3(CCCCC3)O2)c(Br)c1. The molecule has 0 amide bonds. The lowest BCUT2D eigenvalue weighted by atomic mass is 9.83. The van der Waals surface area contributed by atoms with Crippen molar-refractivity contribution in [2.75, 3.05) is 6.61 Å². The maximum atomic E-state index is 6.33. The van der Waals surface area contributed by atoms with Crippen molar-refractivity contribution in [1.82, 2.24) is 0 Å². The molecule has 2 fully saturated rings. The molecule has 2 aliphatic rings. The summed E-state index contributed by atoms with van der Waals surface area (Å²) >= 11 is 9.38. The molecule has 1 heterocycles. The zero-order valence-electron chi connectivity index (χ0n) is 12.2. The molecule has 0 bridgehead atoms. The van der Waals surface area contributed by atoms with Gasteiger partial charge in [0.05, 0.1) is 16.2 Å². The van der Waals surface area contributed by atoms with Crippen LogP contribution in [0.5, 0.6) is 5.75 Å². The topological polar surface area (TPSA) is 18.5 Å². The third-order valence-electron chi connectivity index (χ3n) is 4.68. The monoisotopic (exact) mass is 372 g/mol. The largest absolute Gasteiger partial charge is 0.490 e. The third kappa shape index (κ3) is 3.75. The van der Waals surface area contributed by atoms with Crippen LogP contribution in [0.1, 0.15) is 50.5 Å². The summed E-state index contributed by atoms with van der Waals surface area (Å²) < 4.78 is 13.2. The molecular formula is C17H22BrClO2. The molecule has 2 nitrogen and oxygen atoms in total. The minimum atomic E-state index is 0.173. The van der Waals surface area contributed by atoms with Crippen molar-refractivity contribution in [1.29, 1.82) is 0 Å². The Morgan fingerprint density at radius 3 is 2.76 bits per heavy atom. The van der Waals surface area contributed by atoms with Gasteiger partial charge < -0.3 is 9.47 Å². The van der Waals surface area contributed by atoms with Crippen molar-refractivity contribution in [2.24, 2.45) is 0 Å². The average molecular weight is 374 g/mol. The number of halogens is 2. The van der Waals surface area contributed by atoms with E-state index in [9.17, 15) is 0 Å². The van der Waals surface area contributed by atoms with Gasteiger partial charge in [-0.25, -0.2) is 0 Å². The number of benzene rings is 1. The summed E-state index contributed by atoms with van der Waals surface area (Å²) in [5, 5.41) is 0. The molecule has 1 aliphatic carbocycles. The summed E-state index contributed by atoms with van der Waals surface area (Å²) in [6.07, 6.45) is 9.03. The van der Waals surface area contributed by atoms with Gasteiger partial charge in [0, 0.05) is 5.88 Å². The van der Waals surface area contributed by atoms with Gasteiger partial charge in [-0.2, -0.15) is 0 Å². The molecule has 1 aromatic rings. The lowest BCUT2D eigenvalue weighted by Crippen LogP contribution is -2.32. The van der Waals surface area contributed by atoms with E-state index in [1.807, 2.05) is 18.2 Å². The van der Waals surface area contributed by atoms with E-state index in [-0.39, 0.29) is 11.7 Å². The van der Waals surface area contributed by atoms with Gasteiger partial charge in [-0.1, -0.05) is 25.3 Å². The van der Waals surface area contributed by atoms with Crippen LogP contribution in [0.25, 0.3) is 0 Å². The van der Waals surface area contributed by atoms with Crippen LogP contribution in [-0.2, 0) is 10.6 Å². The van der Waals surface area contributed by atoms with Crippen molar-refractivity contribution in [2.45, 2.75) is 62.5 Å². The van der Waals surface area contributed by atoms with Gasteiger partial charge in [0.25, 0.3) is 0 Å². The smallest absolute Gasteiger partial charge is 0.133 e. The van der Waals surface area contributed by atoms with Gasteiger partial charge >= 0.3 is 0 Å². The second-order valence-corrected chi connectivity index (χ2v) is 7.35. The highest BCUT2D eigenvalue weighted by Crippen LogP contribution is 2.42. The highest BCUT2D eigenvalue weighted by Gasteiger charge is 2.40. The first-order chi connectivity index (χ1) is 10.2. The average Bonchev–Trinajstić information content (AvgIpc) is 2.89. The summed E-state index contributed by atoms with van der Waals surface area (Å²) in [6, 6.07) is 6.00. The van der Waals surface area contributed by atoms with E-state index in [0.29, 0.717) is 12.5 Å². The first-order valence-electron chi connectivity index (χ1n) is 7.86. The lowest BCUT2D eigenvalue weighted by Gasteiger charge is -2.33. The van der Waals surface area contributed by atoms with Crippen molar-refractivity contribution in [3.63, 3.8) is 0 Å². The van der Waals surface area contributed by atoms with Gasteiger partial charge in [0.1, 0.15) is 12.4 Å². The van der Waals surface area contributed by atoms with Crippen LogP contribution in [0.15, 0.2) is 22.7 Å². The molecule has 0 radical (unpaired) electrons. The Bertz CT molecular complexity index is 486. The number of alkyl halides is 1. The maximum absolute atomic E-state index is 6.33. The second-order valence-electron chi connectivity index (χ2n) is 6.23. The normalized spacial score (nSPS) is 24.4. The fraction of sp³-hybridized carbons (Fsp3) is 0.647. The molecule has 1 saturated carbocycles. The Balaban J connectivity index is 1.54. The predicted molar refractivity (Wildman–Crippen MR) is 89.1 cm³/mol. The highest BCUT2D eigenvalue weighted by atomic mass is 79.9. The first-order valence-corrected chi connectivity index (χ1v) is 9.19. The molecule has 0 aromatic heterocycles.